The molecule has 1 atom stereocenters. The second-order valence-corrected chi connectivity index (χ2v) is 15.3. The largest absolute Gasteiger partial charge is 0.416 e. The second-order valence-electron chi connectivity index (χ2n) is 12.6. The molecule has 1 fully saturated rings. The molecule has 1 N–H and O–H groups in total. The quantitative estimate of drug-likeness (QED) is 0.157. The van der Waals surface area contributed by atoms with Gasteiger partial charge in [0.15, 0.2) is 0 Å². The fourth-order valence-electron chi connectivity index (χ4n) is 6.16. The summed E-state index contributed by atoms with van der Waals surface area (Å²) in [5.74, 6) is -1.30. The van der Waals surface area contributed by atoms with Gasteiger partial charge in [-0.3, -0.25) is 13.9 Å². The first-order chi connectivity index (χ1) is 24.2. The van der Waals surface area contributed by atoms with Crippen molar-refractivity contribution >= 4 is 50.7 Å². The summed E-state index contributed by atoms with van der Waals surface area (Å²) in [5, 5.41) is 3.54. The first kappa shape index (κ1) is 38.2. The maximum atomic E-state index is 14.7. The van der Waals surface area contributed by atoms with Gasteiger partial charge in [-0.25, -0.2) is 8.42 Å². The third-order valence-corrected chi connectivity index (χ3v) is 11.5. The normalized spacial score (nSPS) is 14.5. The van der Waals surface area contributed by atoms with Gasteiger partial charge < -0.3 is 10.2 Å². The molecule has 4 aromatic rings. The molecule has 1 aliphatic rings. The number of aryl methyl sites for hydroxylation is 1. The van der Waals surface area contributed by atoms with Crippen LogP contribution in [0.2, 0.25) is 10.0 Å². The van der Waals surface area contributed by atoms with Gasteiger partial charge in [-0.2, -0.15) is 13.2 Å². The van der Waals surface area contributed by atoms with E-state index >= 15 is 0 Å². The van der Waals surface area contributed by atoms with E-state index in [1.165, 1.54) is 23.1 Å². The number of hydrogen-bond donors (Lipinski definition) is 1. The van der Waals surface area contributed by atoms with Gasteiger partial charge in [0.05, 0.1) is 16.1 Å². The van der Waals surface area contributed by atoms with Gasteiger partial charge in [0.25, 0.3) is 10.0 Å². The highest BCUT2D eigenvalue weighted by Crippen LogP contribution is 2.34. The number of sulfonamides is 1. The Morgan fingerprint density at radius 2 is 1.49 bits per heavy atom. The lowest BCUT2D eigenvalue weighted by atomic mass is 9.94. The SMILES string of the molecule is Cc1ccc(S(=O)(=O)N(CC(=O)N(Cc2c(Cl)cccc2Cl)C(Cc2ccccc2)C(=O)NC2CCCCC2)c2cccc(C(F)(F)F)c2)cc1. The Morgan fingerprint density at radius 1 is 0.863 bits per heavy atom. The number of nitrogens with zero attached hydrogens (tertiary/aromatic N) is 2. The molecule has 1 aliphatic carbocycles. The Labute approximate surface area is 306 Å². The molecule has 0 saturated heterocycles. The molecule has 5 rings (SSSR count). The van der Waals surface area contributed by atoms with E-state index in [0.29, 0.717) is 15.9 Å². The third kappa shape index (κ3) is 9.64. The van der Waals surface area contributed by atoms with Crippen LogP contribution in [-0.2, 0) is 38.8 Å². The van der Waals surface area contributed by atoms with Crippen molar-refractivity contribution in [2.75, 3.05) is 10.8 Å². The number of alkyl halides is 3. The van der Waals surface area contributed by atoms with Crippen molar-refractivity contribution < 1.29 is 31.2 Å². The summed E-state index contributed by atoms with van der Waals surface area (Å²) in [5.41, 5.74) is 0.341. The van der Waals surface area contributed by atoms with Crippen LogP contribution < -0.4 is 9.62 Å². The van der Waals surface area contributed by atoms with Gasteiger partial charge in [0.1, 0.15) is 12.6 Å². The zero-order chi connectivity index (χ0) is 36.8. The van der Waals surface area contributed by atoms with Gasteiger partial charge >= 0.3 is 6.18 Å². The minimum Gasteiger partial charge on any atom is -0.352 e. The van der Waals surface area contributed by atoms with Crippen molar-refractivity contribution in [2.45, 2.75) is 75.1 Å². The van der Waals surface area contributed by atoms with Crippen molar-refractivity contribution in [1.29, 1.82) is 0 Å². The maximum absolute atomic E-state index is 14.7. The van der Waals surface area contributed by atoms with Crippen LogP contribution in [0.3, 0.4) is 0 Å². The Hall–Kier alpha value is -4.06. The minimum absolute atomic E-state index is 0.0570. The number of rotatable bonds is 12. The molecule has 7 nitrogen and oxygen atoms in total. The number of nitrogens with one attached hydrogen (secondary N) is 1. The standard InChI is InChI=1S/C38H38Cl2F3N3O4S/c1-26-18-20-31(21-19-26)51(49,50)46(30-15-8-12-28(23-30)38(41,42)43)25-36(47)45(24-32-33(39)16-9-17-34(32)40)35(22-27-10-4-2-5-11-27)37(48)44-29-13-6-3-7-14-29/h2,4-5,8-12,15-21,23,29,35H,3,6-7,13-14,22,24-25H2,1H3,(H,44,48). The van der Waals surface area contributed by atoms with Crippen LogP contribution in [0.25, 0.3) is 0 Å². The minimum atomic E-state index is -4.79. The average Bonchev–Trinajstić information content (AvgIpc) is 3.10. The number of carbonyl (C=O) groups excluding carboxylic acids is 2. The first-order valence-electron chi connectivity index (χ1n) is 16.6. The monoisotopic (exact) mass is 759 g/mol. The topological polar surface area (TPSA) is 86.8 Å². The summed E-state index contributed by atoms with van der Waals surface area (Å²) in [4.78, 5) is 30.0. The zero-order valence-electron chi connectivity index (χ0n) is 27.9. The van der Waals surface area contributed by atoms with Gasteiger partial charge in [0.2, 0.25) is 11.8 Å². The molecule has 13 heteroatoms. The summed E-state index contributed by atoms with van der Waals surface area (Å²) >= 11 is 13.1. The third-order valence-electron chi connectivity index (χ3n) is 8.96. The van der Waals surface area contributed by atoms with Crippen molar-refractivity contribution in [2.24, 2.45) is 0 Å². The summed E-state index contributed by atoms with van der Waals surface area (Å²) in [7, 11) is -4.61. The van der Waals surface area contributed by atoms with Gasteiger partial charge in [-0.05, 0) is 67.8 Å². The smallest absolute Gasteiger partial charge is 0.352 e. The molecular formula is C38H38Cl2F3N3O4S. The molecule has 4 aromatic carbocycles. The molecule has 1 saturated carbocycles. The number of carbonyl (C=O) groups is 2. The first-order valence-corrected chi connectivity index (χ1v) is 18.8. The zero-order valence-corrected chi connectivity index (χ0v) is 30.2. The lowest BCUT2D eigenvalue weighted by Crippen LogP contribution is -2.55. The summed E-state index contributed by atoms with van der Waals surface area (Å²) in [6.45, 7) is 0.545. The highest BCUT2D eigenvalue weighted by Gasteiger charge is 2.37. The van der Waals surface area contributed by atoms with Crippen LogP contribution in [-0.4, -0.2) is 43.8 Å². The number of amides is 2. The molecule has 2 amide bonds. The Balaban J connectivity index is 1.62. The Kier molecular flexibility index (Phi) is 12.4. The van der Waals surface area contributed by atoms with Crippen LogP contribution in [0.15, 0.2) is 102 Å². The van der Waals surface area contributed by atoms with Crippen LogP contribution in [0, 0.1) is 6.92 Å². The van der Waals surface area contributed by atoms with E-state index in [2.05, 4.69) is 5.32 Å². The summed E-state index contributed by atoms with van der Waals surface area (Å²) in [6, 6.07) is 22.1. The Bertz CT molecular complexity index is 1920. The molecule has 0 aromatic heterocycles. The highest BCUT2D eigenvalue weighted by atomic mass is 35.5. The molecule has 0 radical (unpaired) electrons. The van der Waals surface area contributed by atoms with E-state index in [0.717, 1.165) is 55.4 Å². The number of hydrogen-bond acceptors (Lipinski definition) is 4. The Morgan fingerprint density at radius 3 is 2.12 bits per heavy atom. The van der Waals surface area contributed by atoms with E-state index in [1.54, 1.807) is 49.4 Å². The van der Waals surface area contributed by atoms with Crippen molar-refractivity contribution in [1.82, 2.24) is 10.2 Å². The van der Waals surface area contributed by atoms with E-state index in [1.807, 2.05) is 18.2 Å². The van der Waals surface area contributed by atoms with Gasteiger partial charge in [-0.1, -0.05) is 103 Å². The average molecular weight is 761 g/mol. The molecule has 0 heterocycles. The molecule has 0 aliphatic heterocycles. The van der Waals surface area contributed by atoms with E-state index in [4.69, 9.17) is 23.2 Å². The van der Waals surface area contributed by atoms with Crippen LogP contribution in [0.5, 0.6) is 0 Å². The second kappa shape index (κ2) is 16.5. The van der Waals surface area contributed by atoms with Crippen molar-refractivity contribution in [3.05, 3.63) is 129 Å². The van der Waals surface area contributed by atoms with Gasteiger partial charge in [-0.15, -0.1) is 0 Å². The van der Waals surface area contributed by atoms with Crippen LogP contribution in [0.1, 0.15) is 54.4 Å². The molecular weight excluding hydrogens is 722 g/mol. The van der Waals surface area contributed by atoms with E-state index in [-0.39, 0.29) is 39.6 Å². The van der Waals surface area contributed by atoms with E-state index < -0.39 is 46.2 Å². The lowest BCUT2D eigenvalue weighted by Gasteiger charge is -2.35. The van der Waals surface area contributed by atoms with E-state index in [9.17, 15) is 31.2 Å². The fraction of sp³-hybridized carbons (Fsp3) is 0.316. The number of benzene rings is 4. The van der Waals surface area contributed by atoms with Crippen molar-refractivity contribution in [3.63, 3.8) is 0 Å². The predicted molar refractivity (Wildman–Crippen MR) is 193 cm³/mol. The molecule has 0 bridgehead atoms. The molecule has 1 unspecified atom stereocenters. The molecule has 0 spiro atoms. The van der Waals surface area contributed by atoms with Gasteiger partial charge in [0, 0.05) is 34.6 Å². The molecule has 51 heavy (non-hydrogen) atoms. The number of anilines is 1. The summed E-state index contributed by atoms with van der Waals surface area (Å²) < 4.78 is 70.8. The lowest BCUT2D eigenvalue weighted by molar-refractivity contribution is -0.140. The van der Waals surface area contributed by atoms with Crippen LogP contribution >= 0.6 is 23.2 Å². The fourth-order valence-corrected chi connectivity index (χ4v) is 8.08. The van der Waals surface area contributed by atoms with Crippen molar-refractivity contribution in [3.8, 4) is 0 Å². The number of halogens is 5. The predicted octanol–water partition coefficient (Wildman–Crippen LogP) is 8.60. The maximum Gasteiger partial charge on any atom is 0.416 e. The van der Waals surface area contributed by atoms with Crippen LogP contribution in [0.4, 0.5) is 18.9 Å². The highest BCUT2D eigenvalue weighted by molar-refractivity contribution is 7.92. The molecule has 270 valence electrons. The summed E-state index contributed by atoms with van der Waals surface area (Å²) in [6.07, 6.45) is -0.260.